The monoisotopic (exact) mass is 318 g/mol. The number of aromatic amines is 1. The predicted molar refractivity (Wildman–Crippen MR) is 85.7 cm³/mol. The fraction of sp³-hybridized carbons (Fsp3) is 0.400. The highest BCUT2D eigenvalue weighted by Crippen LogP contribution is 2.24. The van der Waals surface area contributed by atoms with Crippen LogP contribution in [0.2, 0.25) is 5.15 Å². The highest BCUT2D eigenvalue weighted by molar-refractivity contribution is 6.31. The van der Waals surface area contributed by atoms with Crippen molar-refractivity contribution in [3.05, 3.63) is 42.1 Å². The zero-order chi connectivity index (χ0) is 15.4. The molecule has 0 aliphatic carbocycles. The van der Waals surface area contributed by atoms with Crippen molar-refractivity contribution >= 4 is 11.6 Å². The zero-order valence-electron chi connectivity index (χ0n) is 12.5. The summed E-state index contributed by atoms with van der Waals surface area (Å²) in [6, 6.07) is 0. The highest BCUT2D eigenvalue weighted by Gasteiger charge is 2.15. The average molecular weight is 319 g/mol. The first kappa shape index (κ1) is 14.8. The molecular weight excluding hydrogens is 300 g/mol. The van der Waals surface area contributed by atoms with E-state index in [1.54, 1.807) is 18.7 Å². The van der Waals surface area contributed by atoms with Crippen molar-refractivity contribution in [2.75, 3.05) is 0 Å². The van der Waals surface area contributed by atoms with Crippen LogP contribution in [0.3, 0.4) is 0 Å². The summed E-state index contributed by atoms with van der Waals surface area (Å²) in [5.74, 6) is 1.72. The summed E-state index contributed by atoms with van der Waals surface area (Å²) < 4.78 is 4.09. The van der Waals surface area contributed by atoms with Gasteiger partial charge in [0.05, 0.1) is 6.33 Å². The maximum Gasteiger partial charge on any atom is 0.161 e. The number of H-pyrrole nitrogens is 1. The summed E-state index contributed by atoms with van der Waals surface area (Å²) in [5, 5.41) is 0.557. The van der Waals surface area contributed by atoms with Gasteiger partial charge in [-0.15, -0.1) is 0 Å². The lowest BCUT2D eigenvalue weighted by Gasteiger charge is -2.07. The van der Waals surface area contributed by atoms with E-state index in [4.69, 9.17) is 11.6 Å². The van der Waals surface area contributed by atoms with E-state index in [1.807, 2.05) is 17.0 Å². The Bertz CT molecular complexity index is 712. The van der Waals surface area contributed by atoms with Crippen molar-refractivity contribution < 1.29 is 0 Å². The van der Waals surface area contributed by atoms with Crippen LogP contribution < -0.4 is 0 Å². The Labute approximate surface area is 134 Å². The molecule has 0 saturated heterocycles. The van der Waals surface area contributed by atoms with E-state index in [2.05, 4.69) is 31.4 Å². The fourth-order valence-electron chi connectivity index (χ4n) is 2.36. The first-order valence-electron chi connectivity index (χ1n) is 7.49. The highest BCUT2D eigenvalue weighted by atomic mass is 35.5. The molecule has 0 radical (unpaired) electrons. The quantitative estimate of drug-likeness (QED) is 0.727. The van der Waals surface area contributed by atoms with Crippen LogP contribution in [0, 0.1) is 0 Å². The average Bonchev–Trinajstić information content (AvgIpc) is 3.23. The molecule has 3 aromatic rings. The first-order valence-corrected chi connectivity index (χ1v) is 7.87. The van der Waals surface area contributed by atoms with Gasteiger partial charge in [0.25, 0.3) is 0 Å². The third-order valence-corrected chi connectivity index (χ3v) is 3.83. The van der Waals surface area contributed by atoms with Gasteiger partial charge in [-0.1, -0.05) is 24.9 Å². The van der Waals surface area contributed by atoms with Crippen molar-refractivity contribution in [3.8, 4) is 11.5 Å². The lowest BCUT2D eigenvalue weighted by Crippen LogP contribution is -2.07. The predicted octanol–water partition coefficient (Wildman–Crippen LogP) is 3.17. The molecule has 7 heteroatoms. The number of unbranched alkanes of at least 4 members (excludes halogenated alkanes) is 1. The number of imidazole rings is 3. The molecule has 6 nitrogen and oxygen atoms in total. The Hall–Kier alpha value is -2.08. The van der Waals surface area contributed by atoms with E-state index in [0.29, 0.717) is 5.15 Å². The number of hydrogen-bond donors (Lipinski definition) is 1. The molecule has 3 rings (SSSR count). The van der Waals surface area contributed by atoms with E-state index in [1.165, 1.54) is 0 Å². The van der Waals surface area contributed by atoms with Crippen LogP contribution in [0.5, 0.6) is 0 Å². The molecule has 1 N–H and O–H groups in total. The normalized spacial score (nSPS) is 11.2. The molecule has 22 heavy (non-hydrogen) atoms. The Morgan fingerprint density at radius 3 is 2.91 bits per heavy atom. The van der Waals surface area contributed by atoms with Crippen LogP contribution in [-0.2, 0) is 19.5 Å². The number of aromatic nitrogens is 6. The van der Waals surface area contributed by atoms with E-state index in [-0.39, 0.29) is 0 Å². The minimum atomic E-state index is 0.557. The number of halogens is 1. The number of rotatable bonds is 7. The van der Waals surface area contributed by atoms with Gasteiger partial charge in [-0.3, -0.25) is 0 Å². The van der Waals surface area contributed by atoms with Crippen LogP contribution in [0.4, 0.5) is 0 Å². The van der Waals surface area contributed by atoms with Gasteiger partial charge in [0.2, 0.25) is 0 Å². The molecule has 0 spiro atoms. The van der Waals surface area contributed by atoms with Crippen LogP contribution in [-0.4, -0.2) is 29.1 Å². The Morgan fingerprint density at radius 2 is 2.14 bits per heavy atom. The first-order chi connectivity index (χ1) is 10.8. The minimum absolute atomic E-state index is 0.557. The van der Waals surface area contributed by atoms with Crippen LogP contribution in [0.25, 0.3) is 11.5 Å². The summed E-state index contributed by atoms with van der Waals surface area (Å²) in [5.41, 5.74) is 0.725. The van der Waals surface area contributed by atoms with Crippen LogP contribution >= 0.6 is 11.6 Å². The molecule has 3 aromatic heterocycles. The maximum absolute atomic E-state index is 6.30. The van der Waals surface area contributed by atoms with Crippen molar-refractivity contribution in [2.24, 2.45) is 0 Å². The smallest absolute Gasteiger partial charge is 0.161 e. The summed E-state index contributed by atoms with van der Waals surface area (Å²) in [7, 11) is 0. The van der Waals surface area contributed by atoms with E-state index >= 15 is 0 Å². The third kappa shape index (κ3) is 3.22. The van der Waals surface area contributed by atoms with Crippen LogP contribution in [0.15, 0.2) is 31.1 Å². The molecule has 0 aliphatic heterocycles. The largest absolute Gasteiger partial charge is 0.336 e. The van der Waals surface area contributed by atoms with Crippen LogP contribution in [0.1, 0.15) is 25.6 Å². The summed E-state index contributed by atoms with van der Waals surface area (Å²) in [6.45, 7) is 3.78. The van der Waals surface area contributed by atoms with Crippen molar-refractivity contribution in [3.63, 3.8) is 0 Å². The second-order valence-corrected chi connectivity index (χ2v) is 5.57. The molecule has 116 valence electrons. The second kappa shape index (κ2) is 6.79. The standard InChI is InChI=1S/C15H19ClN6/c1-2-3-4-12-19-13(14(16)20-12)15-18-6-8-22(15)10-9-21-7-5-17-11-21/h5-8,11H,2-4,9-10H2,1H3,(H,19,20). The molecule has 0 aliphatic rings. The molecule has 0 unspecified atom stereocenters. The van der Waals surface area contributed by atoms with Gasteiger partial charge in [-0.2, -0.15) is 0 Å². The SMILES string of the molecule is CCCCc1nc(-c2nccn2CCn2ccnc2)c(Cl)[nH]1. The van der Waals surface area contributed by atoms with Gasteiger partial charge in [-0.05, 0) is 6.42 Å². The van der Waals surface area contributed by atoms with Gasteiger partial charge < -0.3 is 14.1 Å². The molecule has 0 fully saturated rings. The second-order valence-electron chi connectivity index (χ2n) is 5.19. The molecule has 3 heterocycles. The van der Waals surface area contributed by atoms with Gasteiger partial charge in [0.1, 0.15) is 16.7 Å². The van der Waals surface area contributed by atoms with Gasteiger partial charge in [0.15, 0.2) is 5.82 Å². The Kier molecular flexibility index (Phi) is 4.58. The molecule has 0 bridgehead atoms. The van der Waals surface area contributed by atoms with Gasteiger partial charge in [0, 0.05) is 44.3 Å². The van der Waals surface area contributed by atoms with E-state index < -0.39 is 0 Å². The molecule has 0 saturated carbocycles. The van der Waals surface area contributed by atoms with Gasteiger partial charge in [-0.25, -0.2) is 15.0 Å². The molecule has 0 aromatic carbocycles. The number of nitrogens with zero attached hydrogens (tertiary/aromatic N) is 5. The number of hydrogen-bond acceptors (Lipinski definition) is 3. The third-order valence-electron chi connectivity index (χ3n) is 3.56. The lowest BCUT2D eigenvalue weighted by atomic mass is 10.2. The lowest BCUT2D eigenvalue weighted by molar-refractivity contribution is 0.582. The number of nitrogens with one attached hydrogen (secondary N) is 1. The van der Waals surface area contributed by atoms with E-state index in [0.717, 1.165) is 49.7 Å². The fourth-order valence-corrected chi connectivity index (χ4v) is 2.59. The Morgan fingerprint density at radius 1 is 1.23 bits per heavy atom. The maximum atomic E-state index is 6.30. The van der Waals surface area contributed by atoms with E-state index in [9.17, 15) is 0 Å². The van der Waals surface area contributed by atoms with Crippen molar-refractivity contribution in [1.82, 2.24) is 29.1 Å². The number of aryl methyl sites for hydroxylation is 3. The topological polar surface area (TPSA) is 64.3 Å². The van der Waals surface area contributed by atoms with Crippen molar-refractivity contribution in [2.45, 2.75) is 39.3 Å². The zero-order valence-corrected chi connectivity index (χ0v) is 13.3. The summed E-state index contributed by atoms with van der Waals surface area (Å²) in [4.78, 5) is 16.2. The molecule has 0 amide bonds. The van der Waals surface area contributed by atoms with Gasteiger partial charge >= 0.3 is 0 Å². The van der Waals surface area contributed by atoms with Crippen molar-refractivity contribution in [1.29, 1.82) is 0 Å². The summed E-state index contributed by atoms with van der Waals surface area (Å²) in [6.07, 6.45) is 12.4. The molecule has 0 atom stereocenters. The molecular formula is C15H19ClN6. The minimum Gasteiger partial charge on any atom is -0.336 e. The Balaban J connectivity index is 1.77. The summed E-state index contributed by atoms with van der Waals surface area (Å²) >= 11 is 6.30.